The predicted octanol–water partition coefficient (Wildman–Crippen LogP) is 8.34. The van der Waals surface area contributed by atoms with Crippen LogP contribution in [0.15, 0.2) is 24.3 Å². The first-order valence-electron chi connectivity index (χ1n) is 12.0. The second kappa shape index (κ2) is 11.2. The van der Waals surface area contributed by atoms with Crippen LogP contribution in [0.2, 0.25) is 0 Å². The number of halogens is 1. The van der Waals surface area contributed by atoms with Gasteiger partial charge in [-0.2, -0.15) is 0 Å². The first kappa shape index (κ1) is 20.9. The Labute approximate surface area is 167 Å². The van der Waals surface area contributed by atoms with E-state index in [0.29, 0.717) is 0 Å². The van der Waals surface area contributed by atoms with Crippen LogP contribution >= 0.6 is 0 Å². The maximum absolute atomic E-state index is 13.0. The summed E-state index contributed by atoms with van der Waals surface area (Å²) in [5.74, 6) is 3.89. The van der Waals surface area contributed by atoms with Crippen LogP contribution in [0.5, 0.6) is 0 Å². The van der Waals surface area contributed by atoms with Crippen molar-refractivity contribution in [3.05, 3.63) is 35.6 Å². The van der Waals surface area contributed by atoms with E-state index in [4.69, 9.17) is 0 Å². The van der Waals surface area contributed by atoms with Gasteiger partial charge in [0.05, 0.1) is 0 Å². The number of hydrogen-bond donors (Lipinski definition) is 0. The van der Waals surface area contributed by atoms with Gasteiger partial charge in [-0.1, -0.05) is 76.8 Å². The topological polar surface area (TPSA) is 0 Å². The Morgan fingerprint density at radius 2 is 1.26 bits per heavy atom. The Morgan fingerprint density at radius 1 is 0.704 bits per heavy atom. The zero-order valence-corrected chi connectivity index (χ0v) is 17.6. The molecule has 0 aromatic heterocycles. The highest BCUT2D eigenvalue weighted by Crippen LogP contribution is 2.43. The molecule has 0 nitrogen and oxygen atoms in total. The Morgan fingerprint density at radius 3 is 1.81 bits per heavy atom. The zero-order chi connectivity index (χ0) is 18.9. The first-order valence-corrected chi connectivity index (χ1v) is 12.0. The summed E-state index contributed by atoms with van der Waals surface area (Å²) < 4.78 is 13.0. The third-order valence-electron chi connectivity index (χ3n) is 7.67. The molecule has 0 N–H and O–H groups in total. The van der Waals surface area contributed by atoms with Gasteiger partial charge in [0.15, 0.2) is 0 Å². The molecule has 1 aromatic rings. The average Bonchev–Trinajstić information content (AvgIpc) is 2.72. The Balaban J connectivity index is 1.30. The molecule has 0 amide bonds. The maximum Gasteiger partial charge on any atom is 0.123 e. The molecular weight excluding hydrogens is 331 g/mol. The van der Waals surface area contributed by atoms with Crippen molar-refractivity contribution in [3.8, 4) is 0 Å². The quantitative estimate of drug-likeness (QED) is 0.382. The third-order valence-corrected chi connectivity index (χ3v) is 7.67. The van der Waals surface area contributed by atoms with Crippen molar-refractivity contribution in [3.63, 3.8) is 0 Å². The highest BCUT2D eigenvalue weighted by molar-refractivity contribution is 5.16. The summed E-state index contributed by atoms with van der Waals surface area (Å²) in [5.41, 5.74) is 1.30. The van der Waals surface area contributed by atoms with Gasteiger partial charge in [0.25, 0.3) is 0 Å². The van der Waals surface area contributed by atoms with E-state index in [-0.39, 0.29) is 5.82 Å². The fourth-order valence-electron chi connectivity index (χ4n) is 5.78. The van der Waals surface area contributed by atoms with Crippen LogP contribution in [0.25, 0.3) is 0 Å². The molecule has 1 aromatic carbocycles. The lowest BCUT2D eigenvalue weighted by molar-refractivity contribution is 0.140. The predicted molar refractivity (Wildman–Crippen MR) is 114 cm³/mol. The second-order valence-electron chi connectivity index (χ2n) is 9.58. The van der Waals surface area contributed by atoms with Crippen LogP contribution in [0, 0.1) is 29.5 Å². The monoisotopic (exact) mass is 372 g/mol. The van der Waals surface area contributed by atoms with Crippen molar-refractivity contribution in [2.45, 2.75) is 103 Å². The van der Waals surface area contributed by atoms with E-state index < -0.39 is 0 Å². The van der Waals surface area contributed by atoms with Gasteiger partial charge in [0.2, 0.25) is 0 Å². The van der Waals surface area contributed by atoms with Crippen LogP contribution in [0.4, 0.5) is 4.39 Å². The summed E-state index contributed by atoms with van der Waals surface area (Å²) in [4.78, 5) is 0. The van der Waals surface area contributed by atoms with E-state index in [0.717, 1.165) is 30.1 Å². The third kappa shape index (κ3) is 6.91. The van der Waals surface area contributed by atoms with Gasteiger partial charge in [-0.25, -0.2) is 4.39 Å². The Bertz CT molecular complexity index is 504. The van der Waals surface area contributed by atoms with E-state index in [2.05, 4.69) is 6.92 Å². The minimum Gasteiger partial charge on any atom is -0.207 e. The summed E-state index contributed by atoms with van der Waals surface area (Å²) in [5, 5.41) is 0. The van der Waals surface area contributed by atoms with Crippen molar-refractivity contribution < 1.29 is 4.39 Å². The van der Waals surface area contributed by atoms with E-state index in [1.165, 1.54) is 95.5 Å². The molecule has 0 saturated heterocycles. The molecule has 3 rings (SSSR count). The van der Waals surface area contributed by atoms with Crippen LogP contribution in [0.1, 0.15) is 102 Å². The van der Waals surface area contributed by atoms with Gasteiger partial charge >= 0.3 is 0 Å². The Hall–Kier alpha value is -0.850. The lowest BCUT2D eigenvalue weighted by Gasteiger charge is -2.38. The lowest BCUT2D eigenvalue weighted by atomic mass is 9.68. The molecule has 0 radical (unpaired) electrons. The minimum atomic E-state index is -0.116. The molecule has 152 valence electrons. The van der Waals surface area contributed by atoms with E-state index in [1.54, 1.807) is 12.1 Å². The molecule has 0 atom stereocenters. The van der Waals surface area contributed by atoms with Gasteiger partial charge in [-0.3, -0.25) is 0 Å². The summed E-state index contributed by atoms with van der Waals surface area (Å²) in [6.07, 6.45) is 21.5. The maximum atomic E-state index is 13.0. The van der Waals surface area contributed by atoms with Crippen LogP contribution < -0.4 is 0 Å². The second-order valence-corrected chi connectivity index (χ2v) is 9.58. The molecule has 0 bridgehead atoms. The smallest absolute Gasteiger partial charge is 0.123 e. The van der Waals surface area contributed by atoms with Crippen molar-refractivity contribution >= 4 is 0 Å². The van der Waals surface area contributed by atoms with Gasteiger partial charge < -0.3 is 0 Å². The summed E-state index contributed by atoms with van der Waals surface area (Å²) in [6.45, 7) is 2.31. The van der Waals surface area contributed by atoms with Crippen molar-refractivity contribution in [1.82, 2.24) is 0 Å². The van der Waals surface area contributed by atoms with E-state index in [1.807, 2.05) is 12.1 Å². The minimum absolute atomic E-state index is 0.116. The summed E-state index contributed by atoms with van der Waals surface area (Å²) >= 11 is 0. The van der Waals surface area contributed by atoms with Crippen molar-refractivity contribution in [1.29, 1.82) is 0 Å². The summed E-state index contributed by atoms with van der Waals surface area (Å²) in [6, 6.07) is 7.13. The van der Waals surface area contributed by atoms with Crippen LogP contribution in [-0.2, 0) is 6.42 Å². The molecule has 0 heterocycles. The summed E-state index contributed by atoms with van der Waals surface area (Å²) in [7, 11) is 0. The highest BCUT2D eigenvalue weighted by atomic mass is 19.1. The van der Waals surface area contributed by atoms with E-state index >= 15 is 0 Å². The van der Waals surface area contributed by atoms with Crippen molar-refractivity contribution in [2.75, 3.05) is 0 Å². The molecule has 0 unspecified atom stereocenters. The fraction of sp³-hybridized carbons (Fsp3) is 0.769. The molecule has 27 heavy (non-hydrogen) atoms. The van der Waals surface area contributed by atoms with E-state index in [9.17, 15) is 4.39 Å². The molecule has 2 aliphatic carbocycles. The Kier molecular flexibility index (Phi) is 8.68. The van der Waals surface area contributed by atoms with Gasteiger partial charge in [0.1, 0.15) is 5.82 Å². The SMILES string of the molecule is CCCCCCC1CCC(C2CCC(CCc3ccc(F)cc3)CC2)CC1. The average molecular weight is 373 g/mol. The molecule has 2 fully saturated rings. The molecular formula is C26H41F. The standard InChI is InChI=1S/C26H41F/c1-2-3-4-5-6-21-9-15-24(16-10-21)25-17-11-22(12-18-25)7-8-23-13-19-26(27)20-14-23/h13-14,19-22,24-25H,2-12,15-18H2,1H3. The molecule has 2 aliphatic rings. The van der Waals surface area contributed by atoms with Crippen LogP contribution in [0.3, 0.4) is 0 Å². The van der Waals surface area contributed by atoms with Gasteiger partial charge in [0, 0.05) is 0 Å². The van der Waals surface area contributed by atoms with Crippen LogP contribution in [-0.4, -0.2) is 0 Å². The number of benzene rings is 1. The number of aryl methyl sites for hydroxylation is 1. The zero-order valence-electron chi connectivity index (χ0n) is 17.6. The number of hydrogen-bond acceptors (Lipinski definition) is 0. The highest BCUT2D eigenvalue weighted by Gasteiger charge is 2.30. The van der Waals surface area contributed by atoms with Crippen molar-refractivity contribution in [2.24, 2.45) is 23.7 Å². The largest absolute Gasteiger partial charge is 0.207 e. The molecule has 1 heteroatoms. The molecule has 2 saturated carbocycles. The fourth-order valence-corrected chi connectivity index (χ4v) is 5.78. The normalized spacial score (nSPS) is 29.0. The first-order chi connectivity index (χ1) is 13.2. The number of rotatable bonds is 9. The number of unbranched alkanes of at least 4 members (excludes halogenated alkanes) is 3. The van der Waals surface area contributed by atoms with Gasteiger partial charge in [-0.15, -0.1) is 0 Å². The van der Waals surface area contributed by atoms with Gasteiger partial charge in [-0.05, 0) is 79.9 Å². The molecule has 0 spiro atoms. The molecule has 0 aliphatic heterocycles. The lowest BCUT2D eigenvalue weighted by Crippen LogP contribution is -2.26.